The number of nitrogens with zero attached hydrogens (tertiary/aromatic N) is 2. The van der Waals surface area contributed by atoms with Crippen molar-refractivity contribution in [1.82, 2.24) is 0 Å². The summed E-state index contributed by atoms with van der Waals surface area (Å²) >= 11 is 0. The van der Waals surface area contributed by atoms with Gasteiger partial charge in [-0.1, -0.05) is 0 Å². The zero-order valence-corrected chi connectivity index (χ0v) is 5.22. The lowest BCUT2D eigenvalue weighted by Gasteiger charge is -2.01. The van der Waals surface area contributed by atoms with Crippen LogP contribution >= 0.6 is 0 Å². The van der Waals surface area contributed by atoms with Crippen molar-refractivity contribution in [1.29, 1.82) is 5.26 Å². The van der Waals surface area contributed by atoms with Crippen LogP contribution in [-0.2, 0) is 0 Å². The Kier molecular flexibility index (Phi) is 1.40. The molecule has 0 spiro atoms. The summed E-state index contributed by atoms with van der Waals surface area (Å²) in [6.07, 6.45) is 3.67. The summed E-state index contributed by atoms with van der Waals surface area (Å²) in [4.78, 5) is 3.33. The molecule has 0 unspecified atom stereocenters. The molecule has 0 aromatic rings. The van der Waals surface area contributed by atoms with E-state index in [1.807, 2.05) is 0 Å². The van der Waals surface area contributed by atoms with Crippen molar-refractivity contribution < 1.29 is 0 Å². The van der Waals surface area contributed by atoms with Crippen LogP contribution in [0.5, 0.6) is 0 Å². The molecule has 0 aromatic carbocycles. The number of hydrogen-bond acceptors (Lipinski definition) is 1. The van der Waals surface area contributed by atoms with Gasteiger partial charge < -0.3 is 0 Å². The van der Waals surface area contributed by atoms with Crippen LogP contribution < -0.4 is 0 Å². The fourth-order valence-corrected chi connectivity index (χ4v) is 1.21. The third kappa shape index (κ3) is 0.886. The van der Waals surface area contributed by atoms with E-state index in [-0.39, 0.29) is 0 Å². The molecule has 0 heterocycles. The van der Waals surface area contributed by atoms with Crippen molar-refractivity contribution in [2.45, 2.75) is 31.2 Å². The van der Waals surface area contributed by atoms with E-state index in [9.17, 15) is 0 Å². The average Bonchev–Trinajstić information content (AvgIpc) is 2.36. The molecule has 1 rings (SSSR count). The van der Waals surface area contributed by atoms with Gasteiger partial charge in [-0.25, -0.2) is 6.57 Å². The van der Waals surface area contributed by atoms with E-state index in [0.717, 1.165) is 25.7 Å². The van der Waals surface area contributed by atoms with Crippen LogP contribution in [-0.4, -0.2) is 5.54 Å². The molecule has 0 aromatic heterocycles. The van der Waals surface area contributed by atoms with E-state index in [4.69, 9.17) is 11.8 Å². The number of hydrogen-bond donors (Lipinski definition) is 0. The Morgan fingerprint density at radius 2 is 2.00 bits per heavy atom. The van der Waals surface area contributed by atoms with Gasteiger partial charge in [0.2, 0.25) is 0 Å². The monoisotopic (exact) mass is 120 g/mol. The van der Waals surface area contributed by atoms with Crippen LogP contribution in [0, 0.1) is 17.9 Å². The first-order chi connectivity index (χ1) is 4.33. The minimum atomic E-state index is -0.625. The lowest BCUT2D eigenvalue weighted by Crippen LogP contribution is -2.15. The average molecular weight is 120 g/mol. The van der Waals surface area contributed by atoms with Crippen molar-refractivity contribution in [3.8, 4) is 6.07 Å². The Bertz CT molecular complexity index is 160. The lowest BCUT2D eigenvalue weighted by molar-refractivity contribution is 0.660. The van der Waals surface area contributed by atoms with Crippen molar-refractivity contribution >= 4 is 0 Å². The maximum Gasteiger partial charge on any atom is 0.315 e. The molecule has 1 saturated carbocycles. The number of nitriles is 1. The molecule has 9 heavy (non-hydrogen) atoms. The molecule has 0 atom stereocenters. The lowest BCUT2D eigenvalue weighted by atomic mass is 10.0. The minimum absolute atomic E-state index is 0.625. The summed E-state index contributed by atoms with van der Waals surface area (Å²) in [5, 5.41) is 8.55. The van der Waals surface area contributed by atoms with E-state index in [2.05, 4.69) is 10.9 Å². The molecule has 0 bridgehead atoms. The summed E-state index contributed by atoms with van der Waals surface area (Å²) in [5.41, 5.74) is -0.625. The van der Waals surface area contributed by atoms with E-state index < -0.39 is 5.54 Å². The van der Waals surface area contributed by atoms with Crippen LogP contribution in [0.25, 0.3) is 4.85 Å². The summed E-state index contributed by atoms with van der Waals surface area (Å²) in [7, 11) is 0. The second kappa shape index (κ2) is 2.07. The SMILES string of the molecule is [C-]#[N+]C1(C#N)CCCC1. The van der Waals surface area contributed by atoms with Gasteiger partial charge in [-0.3, -0.25) is 4.85 Å². The molecule has 0 N–H and O–H groups in total. The molecule has 46 valence electrons. The first kappa shape index (κ1) is 6.11. The van der Waals surface area contributed by atoms with Crippen LogP contribution in [0.2, 0.25) is 0 Å². The third-order valence-electron chi connectivity index (χ3n) is 1.85. The molecule has 2 heteroatoms. The Balaban J connectivity index is 2.74. The van der Waals surface area contributed by atoms with Gasteiger partial charge >= 0.3 is 5.54 Å². The van der Waals surface area contributed by atoms with Gasteiger partial charge in [0.05, 0.1) is 0 Å². The number of rotatable bonds is 0. The summed E-state index contributed by atoms with van der Waals surface area (Å²) < 4.78 is 0. The highest BCUT2D eigenvalue weighted by atomic mass is 14.8. The van der Waals surface area contributed by atoms with Crippen molar-refractivity contribution in [3.63, 3.8) is 0 Å². The highest BCUT2D eigenvalue weighted by Gasteiger charge is 2.39. The van der Waals surface area contributed by atoms with Gasteiger partial charge in [0.25, 0.3) is 0 Å². The van der Waals surface area contributed by atoms with Gasteiger partial charge in [-0.05, 0) is 12.8 Å². The third-order valence-corrected chi connectivity index (χ3v) is 1.85. The molecule has 0 amide bonds. The summed E-state index contributed by atoms with van der Waals surface area (Å²) in [6.45, 7) is 6.75. The molecule has 1 aliphatic rings. The molecule has 2 nitrogen and oxygen atoms in total. The first-order valence-corrected chi connectivity index (χ1v) is 3.13. The molecule has 0 aliphatic heterocycles. The Hall–Kier alpha value is -1.02. The normalized spacial score (nSPS) is 22.4. The van der Waals surface area contributed by atoms with Crippen molar-refractivity contribution in [3.05, 3.63) is 11.4 Å². The molecular formula is C7H8N2. The van der Waals surface area contributed by atoms with Crippen LogP contribution in [0.15, 0.2) is 0 Å². The highest BCUT2D eigenvalue weighted by molar-refractivity contribution is 5.17. The van der Waals surface area contributed by atoms with Gasteiger partial charge in [0.1, 0.15) is 0 Å². The molecular weight excluding hydrogens is 112 g/mol. The first-order valence-electron chi connectivity index (χ1n) is 3.13. The molecule has 0 saturated heterocycles. The zero-order valence-electron chi connectivity index (χ0n) is 5.22. The van der Waals surface area contributed by atoms with Gasteiger partial charge in [0, 0.05) is 12.8 Å². The standard InChI is InChI=1S/C7H8N2/c1-9-7(6-8)4-2-3-5-7/h2-5H2. The molecule has 1 fully saturated rings. The molecule has 1 aliphatic carbocycles. The maximum absolute atomic E-state index is 8.55. The largest absolute Gasteiger partial charge is 0.315 e. The quantitative estimate of drug-likeness (QED) is 0.447. The predicted octanol–water partition coefficient (Wildman–Crippen LogP) is 1.74. The van der Waals surface area contributed by atoms with Crippen LogP contribution in [0.3, 0.4) is 0 Å². The fraction of sp³-hybridized carbons (Fsp3) is 0.714. The van der Waals surface area contributed by atoms with E-state index >= 15 is 0 Å². The van der Waals surface area contributed by atoms with E-state index in [1.54, 1.807) is 0 Å². The van der Waals surface area contributed by atoms with Gasteiger partial charge in [-0.15, -0.1) is 0 Å². The summed E-state index contributed by atoms with van der Waals surface area (Å²) in [5.74, 6) is 0. The smallest absolute Gasteiger partial charge is 0.294 e. The molecule has 0 radical (unpaired) electrons. The second-order valence-electron chi connectivity index (χ2n) is 2.46. The summed E-state index contributed by atoms with van der Waals surface area (Å²) in [6, 6.07) is 2.07. The zero-order chi connectivity index (χ0) is 6.74. The predicted molar refractivity (Wildman–Crippen MR) is 33.4 cm³/mol. The van der Waals surface area contributed by atoms with E-state index in [1.165, 1.54) is 0 Å². The second-order valence-corrected chi connectivity index (χ2v) is 2.46. The Labute approximate surface area is 54.9 Å². The fourth-order valence-electron chi connectivity index (χ4n) is 1.21. The van der Waals surface area contributed by atoms with Gasteiger partial charge in [0.15, 0.2) is 6.07 Å². The maximum atomic E-state index is 8.55. The van der Waals surface area contributed by atoms with Crippen LogP contribution in [0.1, 0.15) is 25.7 Å². The Morgan fingerprint density at radius 3 is 2.22 bits per heavy atom. The van der Waals surface area contributed by atoms with Crippen molar-refractivity contribution in [2.75, 3.05) is 0 Å². The highest BCUT2D eigenvalue weighted by Crippen LogP contribution is 2.32. The van der Waals surface area contributed by atoms with Crippen LogP contribution in [0.4, 0.5) is 0 Å². The minimum Gasteiger partial charge on any atom is -0.294 e. The Morgan fingerprint density at radius 1 is 1.44 bits per heavy atom. The van der Waals surface area contributed by atoms with E-state index in [0.29, 0.717) is 0 Å². The van der Waals surface area contributed by atoms with Gasteiger partial charge in [-0.2, -0.15) is 5.26 Å². The van der Waals surface area contributed by atoms with Crippen molar-refractivity contribution in [2.24, 2.45) is 0 Å². The topological polar surface area (TPSA) is 28.1 Å².